The molecule has 1 aliphatic rings. The van der Waals surface area contributed by atoms with Gasteiger partial charge in [-0.15, -0.1) is 11.3 Å². The van der Waals surface area contributed by atoms with E-state index < -0.39 is 0 Å². The van der Waals surface area contributed by atoms with Crippen LogP contribution in [0.4, 0.5) is 11.4 Å². The van der Waals surface area contributed by atoms with Crippen molar-refractivity contribution in [1.82, 2.24) is 9.88 Å². The normalized spacial score (nSPS) is 13.9. The van der Waals surface area contributed by atoms with Crippen LogP contribution in [0.25, 0.3) is 20.7 Å². The smallest absolute Gasteiger partial charge is 0.121 e. The molecule has 7 heteroatoms. The van der Waals surface area contributed by atoms with Crippen molar-refractivity contribution < 1.29 is 14.2 Å². The summed E-state index contributed by atoms with van der Waals surface area (Å²) in [5.41, 5.74) is 6.63. The van der Waals surface area contributed by atoms with Gasteiger partial charge in [-0.25, -0.2) is 0 Å². The Morgan fingerprint density at radius 1 is 0.897 bits per heavy atom. The lowest BCUT2D eigenvalue weighted by atomic mass is 10.1. The lowest BCUT2D eigenvalue weighted by molar-refractivity contribution is 0.0342. The van der Waals surface area contributed by atoms with Crippen LogP contribution in [-0.4, -0.2) is 43.3 Å². The fraction of sp³-hybridized carbons (Fsp3) is 0.219. The fourth-order valence-electron chi connectivity index (χ4n) is 4.73. The second-order valence-corrected chi connectivity index (χ2v) is 10.6. The Labute approximate surface area is 232 Å². The van der Waals surface area contributed by atoms with Gasteiger partial charge in [-0.3, -0.25) is 9.88 Å². The van der Waals surface area contributed by atoms with E-state index in [1.807, 2.05) is 54.7 Å². The second kappa shape index (κ2) is 11.9. The highest BCUT2D eigenvalue weighted by atomic mass is 32.1. The third-order valence-corrected chi connectivity index (χ3v) is 8.02. The van der Waals surface area contributed by atoms with Crippen molar-refractivity contribution in [2.75, 3.05) is 38.7 Å². The van der Waals surface area contributed by atoms with Gasteiger partial charge in [-0.05, 0) is 59.2 Å². The first-order valence-electron chi connectivity index (χ1n) is 13.1. The number of hydrogen-bond acceptors (Lipinski definition) is 7. The molecule has 1 saturated heterocycles. The van der Waals surface area contributed by atoms with E-state index in [9.17, 15) is 0 Å². The average molecular weight is 538 g/mol. The number of anilines is 2. The molecule has 3 aromatic carbocycles. The molecule has 2 aromatic heterocycles. The summed E-state index contributed by atoms with van der Waals surface area (Å²) in [6.07, 6.45) is 1.86. The van der Waals surface area contributed by atoms with Crippen LogP contribution in [0.5, 0.6) is 11.5 Å². The molecule has 5 aromatic rings. The van der Waals surface area contributed by atoms with E-state index in [4.69, 9.17) is 14.2 Å². The number of nitrogens with one attached hydrogen (secondary N) is 1. The van der Waals surface area contributed by atoms with Crippen LogP contribution in [0.3, 0.4) is 0 Å². The molecule has 0 amide bonds. The number of rotatable bonds is 9. The maximum atomic E-state index is 6.06. The van der Waals surface area contributed by atoms with Gasteiger partial charge in [0.05, 0.1) is 36.2 Å². The molecule has 0 spiro atoms. The molecule has 0 aliphatic carbocycles. The zero-order valence-corrected chi connectivity index (χ0v) is 22.7. The summed E-state index contributed by atoms with van der Waals surface area (Å²) >= 11 is 1.77. The first kappa shape index (κ1) is 25.4. The lowest BCUT2D eigenvalue weighted by Crippen LogP contribution is -2.35. The number of pyridine rings is 1. The SMILES string of the molecule is COc1ccc(COc2cccc(Nc3ccnc4cc(-c5cccc(CN6CCOCC6)c5)sc34)c2)cc1. The second-order valence-electron chi connectivity index (χ2n) is 9.56. The van der Waals surface area contributed by atoms with E-state index in [1.165, 1.54) is 16.0 Å². The molecule has 0 unspecified atom stereocenters. The molecule has 198 valence electrons. The number of ether oxygens (including phenoxy) is 3. The monoisotopic (exact) mass is 537 g/mol. The highest BCUT2D eigenvalue weighted by Crippen LogP contribution is 2.38. The first-order chi connectivity index (χ1) is 19.2. The molecule has 1 aliphatic heterocycles. The predicted octanol–water partition coefficient (Wildman–Crippen LogP) is 7.13. The maximum Gasteiger partial charge on any atom is 0.121 e. The molecule has 0 saturated carbocycles. The van der Waals surface area contributed by atoms with Crippen molar-refractivity contribution in [3.05, 3.63) is 102 Å². The largest absolute Gasteiger partial charge is 0.497 e. The summed E-state index contributed by atoms with van der Waals surface area (Å²) in [4.78, 5) is 8.32. The van der Waals surface area contributed by atoms with Gasteiger partial charge in [0.15, 0.2) is 0 Å². The van der Waals surface area contributed by atoms with E-state index in [2.05, 4.69) is 51.6 Å². The van der Waals surface area contributed by atoms with E-state index in [1.54, 1.807) is 18.4 Å². The highest BCUT2D eigenvalue weighted by molar-refractivity contribution is 7.22. The zero-order chi connectivity index (χ0) is 26.4. The number of nitrogens with zero attached hydrogens (tertiary/aromatic N) is 2. The van der Waals surface area contributed by atoms with Crippen LogP contribution in [0, 0.1) is 0 Å². The molecule has 0 radical (unpaired) electrons. The quantitative estimate of drug-likeness (QED) is 0.216. The molecule has 39 heavy (non-hydrogen) atoms. The van der Waals surface area contributed by atoms with Gasteiger partial charge in [0.1, 0.15) is 18.1 Å². The molecule has 3 heterocycles. The Hall–Kier alpha value is -3.91. The van der Waals surface area contributed by atoms with Crippen LogP contribution in [0.1, 0.15) is 11.1 Å². The minimum atomic E-state index is 0.492. The number of morpholine rings is 1. The predicted molar refractivity (Wildman–Crippen MR) is 158 cm³/mol. The van der Waals surface area contributed by atoms with Gasteiger partial charge in [0.25, 0.3) is 0 Å². The standard InChI is InChI=1S/C32H31N3O3S/c1-36-27-10-8-23(9-11-27)22-38-28-7-3-6-26(19-28)34-29-12-13-33-30-20-31(39-32(29)30)25-5-2-4-24(18-25)21-35-14-16-37-17-15-35/h2-13,18-20H,14-17,21-22H2,1H3,(H,33,34). The Kier molecular flexibility index (Phi) is 7.72. The summed E-state index contributed by atoms with van der Waals surface area (Å²) in [5.74, 6) is 1.65. The molecule has 6 rings (SSSR count). The third kappa shape index (κ3) is 6.23. The number of benzene rings is 3. The molecule has 0 bridgehead atoms. The van der Waals surface area contributed by atoms with Crippen LogP contribution >= 0.6 is 11.3 Å². The minimum Gasteiger partial charge on any atom is -0.497 e. The molecular formula is C32H31N3O3S. The van der Waals surface area contributed by atoms with Gasteiger partial charge < -0.3 is 19.5 Å². The number of methoxy groups -OCH3 is 1. The number of hydrogen-bond donors (Lipinski definition) is 1. The van der Waals surface area contributed by atoms with Crippen LogP contribution in [0.2, 0.25) is 0 Å². The third-order valence-electron chi connectivity index (χ3n) is 6.81. The van der Waals surface area contributed by atoms with Crippen molar-refractivity contribution in [1.29, 1.82) is 0 Å². The van der Waals surface area contributed by atoms with Crippen LogP contribution in [-0.2, 0) is 17.9 Å². The summed E-state index contributed by atoms with van der Waals surface area (Å²) in [7, 11) is 1.67. The first-order valence-corrected chi connectivity index (χ1v) is 14.0. The van der Waals surface area contributed by atoms with Crippen molar-refractivity contribution in [2.24, 2.45) is 0 Å². The summed E-state index contributed by atoms with van der Waals surface area (Å²) in [5, 5.41) is 3.59. The highest BCUT2D eigenvalue weighted by Gasteiger charge is 2.13. The lowest BCUT2D eigenvalue weighted by Gasteiger charge is -2.26. The molecule has 1 fully saturated rings. The maximum absolute atomic E-state index is 6.06. The van der Waals surface area contributed by atoms with Crippen LogP contribution < -0.4 is 14.8 Å². The average Bonchev–Trinajstić information content (AvgIpc) is 3.43. The Morgan fingerprint density at radius 2 is 1.74 bits per heavy atom. The molecule has 1 N–H and O–H groups in total. The number of thiophene rings is 1. The fourth-order valence-corrected chi connectivity index (χ4v) is 5.81. The Bertz CT molecular complexity index is 1540. The molecular weight excluding hydrogens is 506 g/mol. The van der Waals surface area contributed by atoms with Gasteiger partial charge in [-0.1, -0.05) is 36.4 Å². The molecule has 0 atom stereocenters. The topological polar surface area (TPSA) is 55.9 Å². The van der Waals surface area contributed by atoms with E-state index in [0.29, 0.717) is 6.61 Å². The van der Waals surface area contributed by atoms with E-state index >= 15 is 0 Å². The Morgan fingerprint density at radius 3 is 2.59 bits per heavy atom. The summed E-state index contributed by atoms with van der Waals surface area (Å²) in [6, 6.07) is 29.0. The number of aromatic nitrogens is 1. The summed E-state index contributed by atoms with van der Waals surface area (Å²) < 4.78 is 17.9. The van der Waals surface area contributed by atoms with Crippen molar-refractivity contribution in [2.45, 2.75) is 13.2 Å². The van der Waals surface area contributed by atoms with Crippen molar-refractivity contribution in [3.8, 4) is 21.9 Å². The van der Waals surface area contributed by atoms with Crippen LogP contribution in [0.15, 0.2) is 91.1 Å². The minimum absolute atomic E-state index is 0.492. The molecule has 6 nitrogen and oxygen atoms in total. The van der Waals surface area contributed by atoms with Crippen molar-refractivity contribution in [3.63, 3.8) is 0 Å². The van der Waals surface area contributed by atoms with Gasteiger partial charge in [-0.2, -0.15) is 0 Å². The van der Waals surface area contributed by atoms with E-state index in [-0.39, 0.29) is 0 Å². The van der Waals surface area contributed by atoms with Gasteiger partial charge in [0.2, 0.25) is 0 Å². The van der Waals surface area contributed by atoms with E-state index in [0.717, 1.165) is 71.5 Å². The van der Waals surface area contributed by atoms with Gasteiger partial charge in [0, 0.05) is 42.5 Å². The number of fused-ring (bicyclic) bond motifs is 1. The van der Waals surface area contributed by atoms with Crippen molar-refractivity contribution >= 4 is 32.9 Å². The zero-order valence-electron chi connectivity index (χ0n) is 21.9. The Balaban J connectivity index is 1.17. The summed E-state index contributed by atoms with van der Waals surface area (Å²) in [6.45, 7) is 5.04. The van der Waals surface area contributed by atoms with Gasteiger partial charge >= 0.3 is 0 Å².